The van der Waals surface area contributed by atoms with E-state index in [0.29, 0.717) is 12.6 Å². The second-order valence-corrected chi connectivity index (χ2v) is 6.81. The number of nitrogens with zero attached hydrogens (tertiary/aromatic N) is 4. The minimum Gasteiger partial charge on any atom is -0.493 e. The number of aryl methyl sites for hydroxylation is 1. The van der Waals surface area contributed by atoms with Crippen molar-refractivity contribution in [1.29, 1.82) is 0 Å². The van der Waals surface area contributed by atoms with Crippen LogP contribution in [0.3, 0.4) is 0 Å². The molecule has 1 aromatic carbocycles. The second-order valence-electron chi connectivity index (χ2n) is 6.81. The second kappa shape index (κ2) is 9.35. The van der Waals surface area contributed by atoms with Gasteiger partial charge in [0.05, 0.1) is 6.61 Å². The maximum atomic E-state index is 12.9. The molecule has 0 atom stereocenters. The molecular weight excluding hydrogens is 381 g/mol. The molecule has 2 N–H and O–H groups in total. The topological polar surface area (TPSA) is 78.3 Å². The summed E-state index contributed by atoms with van der Waals surface area (Å²) in [6.45, 7) is 6.38. The number of nitrogen functional groups attached to an aromatic ring is 1. The molecule has 30 heavy (non-hydrogen) atoms. The minimum atomic E-state index is -0.130. The van der Waals surface area contributed by atoms with Crippen molar-refractivity contribution in [3.63, 3.8) is 0 Å². The lowest BCUT2D eigenvalue weighted by atomic mass is 10.1. The highest BCUT2D eigenvalue weighted by molar-refractivity contribution is 5.64. The molecule has 0 saturated carbocycles. The number of hydrogen-bond acceptors (Lipinski definition) is 5. The summed E-state index contributed by atoms with van der Waals surface area (Å²) in [5, 5.41) is 0. The lowest BCUT2D eigenvalue weighted by Crippen LogP contribution is -2.23. The zero-order chi connectivity index (χ0) is 21.7. The van der Waals surface area contributed by atoms with Gasteiger partial charge >= 0.3 is 0 Å². The van der Waals surface area contributed by atoms with E-state index in [9.17, 15) is 4.39 Å². The Morgan fingerprint density at radius 3 is 2.70 bits per heavy atom. The Bertz CT molecular complexity index is 1150. The van der Waals surface area contributed by atoms with Gasteiger partial charge in [-0.25, -0.2) is 9.37 Å². The van der Waals surface area contributed by atoms with E-state index in [2.05, 4.69) is 15.0 Å². The van der Waals surface area contributed by atoms with Crippen LogP contribution in [-0.2, 0) is 6.42 Å². The molecule has 0 unspecified atom stereocenters. The first-order valence-electron chi connectivity index (χ1n) is 9.73. The molecule has 1 aliphatic rings. The number of rotatable bonds is 2. The van der Waals surface area contributed by atoms with Crippen molar-refractivity contribution in [1.82, 2.24) is 14.5 Å². The van der Waals surface area contributed by atoms with Crippen molar-refractivity contribution < 1.29 is 9.13 Å². The van der Waals surface area contributed by atoms with E-state index in [1.165, 1.54) is 6.07 Å². The van der Waals surface area contributed by atoms with Gasteiger partial charge in [0.15, 0.2) is 0 Å². The average molecular weight is 407 g/mol. The van der Waals surface area contributed by atoms with Crippen LogP contribution >= 0.6 is 0 Å². The van der Waals surface area contributed by atoms with Crippen molar-refractivity contribution in [2.75, 3.05) is 19.4 Å². The largest absolute Gasteiger partial charge is 0.493 e. The van der Waals surface area contributed by atoms with E-state index in [0.717, 1.165) is 45.6 Å². The van der Waals surface area contributed by atoms with E-state index >= 15 is 0 Å². The number of nitrogens with two attached hydrogens (primary N) is 1. The van der Waals surface area contributed by atoms with Gasteiger partial charge < -0.3 is 10.5 Å². The van der Waals surface area contributed by atoms with Crippen molar-refractivity contribution in [3.05, 3.63) is 70.9 Å². The first-order valence-corrected chi connectivity index (χ1v) is 9.73. The molecule has 3 heterocycles. The Hall–Kier alpha value is -3.48. The van der Waals surface area contributed by atoms with Crippen molar-refractivity contribution >= 4 is 12.1 Å². The van der Waals surface area contributed by atoms with Crippen molar-refractivity contribution in [2.24, 2.45) is 4.99 Å². The predicted octanol–water partition coefficient (Wildman–Crippen LogP) is 3.93. The number of anilines is 1. The summed E-state index contributed by atoms with van der Waals surface area (Å²) in [6, 6.07) is 7.06. The summed E-state index contributed by atoms with van der Waals surface area (Å²) in [6.07, 6.45) is 8.10. The van der Waals surface area contributed by atoms with Crippen LogP contribution in [0.15, 0.2) is 47.7 Å². The fraction of sp³-hybridized carbons (Fsp3) is 0.261. The first-order chi connectivity index (χ1) is 14.5. The molecule has 0 saturated heterocycles. The molecule has 6 nitrogen and oxygen atoms in total. The lowest BCUT2D eigenvalue weighted by molar-refractivity contribution is 0.356. The monoisotopic (exact) mass is 407 g/mol. The molecule has 156 valence electrons. The van der Waals surface area contributed by atoms with Gasteiger partial charge in [-0.2, -0.15) is 0 Å². The Morgan fingerprint density at radius 2 is 2.00 bits per heavy atom. The minimum absolute atomic E-state index is 0.130. The number of allylic oxidation sites excluding steroid dienone is 1. The summed E-state index contributed by atoms with van der Waals surface area (Å²) >= 11 is 0. The van der Waals surface area contributed by atoms with E-state index < -0.39 is 0 Å². The molecule has 0 aliphatic carbocycles. The van der Waals surface area contributed by atoms with Gasteiger partial charge in [-0.05, 0) is 44.5 Å². The van der Waals surface area contributed by atoms with Crippen LogP contribution in [-0.4, -0.2) is 28.2 Å². The van der Waals surface area contributed by atoms with Crippen LogP contribution in [0, 0.1) is 19.7 Å². The Balaban J connectivity index is 0.000000196. The number of aromatic nitrogens is 3. The smallest absolute Gasteiger partial charge is 0.205 e. The SMILES string of the molecule is C/C=C\n1c(N)ncc(-c2cccnc2C)c1=NC.Cc1c(F)ccc2c1CCO2. The van der Waals surface area contributed by atoms with Crippen LogP contribution in [0.4, 0.5) is 10.3 Å². The van der Waals surface area contributed by atoms with E-state index in [1.54, 1.807) is 37.0 Å². The number of halogens is 1. The average Bonchev–Trinajstić information content (AvgIpc) is 3.23. The lowest BCUT2D eigenvalue weighted by Gasteiger charge is -2.10. The number of hydrogen-bond donors (Lipinski definition) is 1. The van der Waals surface area contributed by atoms with Gasteiger partial charge in [0.25, 0.3) is 0 Å². The Kier molecular flexibility index (Phi) is 6.61. The highest BCUT2D eigenvalue weighted by Gasteiger charge is 2.16. The number of ether oxygens (including phenoxy) is 1. The third-order valence-corrected chi connectivity index (χ3v) is 4.95. The number of pyridine rings is 1. The summed E-state index contributed by atoms with van der Waals surface area (Å²) < 4.78 is 20.0. The normalized spacial score (nSPS) is 13.0. The van der Waals surface area contributed by atoms with Crippen LogP contribution in [0.25, 0.3) is 17.3 Å². The third-order valence-electron chi connectivity index (χ3n) is 4.95. The summed E-state index contributed by atoms with van der Waals surface area (Å²) in [5.41, 5.74) is 11.3. The first kappa shape index (κ1) is 21.2. The molecule has 3 aromatic rings. The fourth-order valence-electron chi connectivity index (χ4n) is 3.38. The molecule has 7 heteroatoms. The third kappa shape index (κ3) is 4.25. The molecule has 0 radical (unpaired) electrons. The van der Waals surface area contributed by atoms with Crippen molar-refractivity contribution in [2.45, 2.75) is 27.2 Å². The Labute approximate surface area is 175 Å². The van der Waals surface area contributed by atoms with E-state index in [-0.39, 0.29) is 5.82 Å². The van der Waals surface area contributed by atoms with Crippen molar-refractivity contribution in [3.8, 4) is 16.9 Å². The van der Waals surface area contributed by atoms with Crippen LogP contribution in [0.5, 0.6) is 5.75 Å². The fourth-order valence-corrected chi connectivity index (χ4v) is 3.38. The van der Waals surface area contributed by atoms with E-state index in [4.69, 9.17) is 10.5 Å². The van der Waals surface area contributed by atoms with Gasteiger partial charge in [-0.1, -0.05) is 12.1 Å². The molecule has 2 aromatic heterocycles. The molecule has 1 aliphatic heterocycles. The summed E-state index contributed by atoms with van der Waals surface area (Å²) in [7, 11) is 1.74. The van der Waals surface area contributed by atoms with Gasteiger partial charge in [-0.15, -0.1) is 0 Å². The maximum absolute atomic E-state index is 12.9. The number of fused-ring (bicyclic) bond motifs is 1. The van der Waals surface area contributed by atoms with Crippen LogP contribution in [0.1, 0.15) is 23.7 Å². The standard InChI is InChI=1S/C14H17N5.C9H9FO/c1-4-8-19-13(16-3)12(9-18-14(19)15)11-6-5-7-17-10(11)2;1-6-7-4-5-11-9(7)3-2-8(6)10/h4-9H,1-3H3,(H2,15,18);2-3H,4-5H2,1H3/b8-4-,16-13?;. The highest BCUT2D eigenvalue weighted by Crippen LogP contribution is 2.29. The molecule has 0 bridgehead atoms. The maximum Gasteiger partial charge on any atom is 0.205 e. The zero-order valence-electron chi connectivity index (χ0n) is 17.7. The summed E-state index contributed by atoms with van der Waals surface area (Å²) in [4.78, 5) is 12.9. The molecule has 0 fully saturated rings. The Morgan fingerprint density at radius 1 is 1.20 bits per heavy atom. The van der Waals surface area contributed by atoms with Gasteiger partial charge in [0, 0.05) is 54.4 Å². The molecule has 4 rings (SSSR count). The quantitative estimate of drug-likeness (QED) is 0.698. The van der Waals surface area contributed by atoms with Gasteiger partial charge in [-0.3, -0.25) is 14.5 Å². The molecule has 0 spiro atoms. The van der Waals surface area contributed by atoms with E-state index in [1.807, 2.05) is 38.3 Å². The van der Waals surface area contributed by atoms with Gasteiger partial charge in [0.2, 0.25) is 5.95 Å². The number of benzene rings is 1. The summed E-state index contributed by atoms with van der Waals surface area (Å²) in [5.74, 6) is 1.13. The molecular formula is C23H26FN5O. The predicted molar refractivity (Wildman–Crippen MR) is 117 cm³/mol. The highest BCUT2D eigenvalue weighted by atomic mass is 19.1. The molecule has 0 amide bonds. The van der Waals surface area contributed by atoms with Crippen LogP contribution < -0.4 is 16.0 Å². The van der Waals surface area contributed by atoms with Crippen LogP contribution in [0.2, 0.25) is 0 Å². The zero-order valence-corrected chi connectivity index (χ0v) is 17.7. The van der Waals surface area contributed by atoms with Gasteiger partial charge in [0.1, 0.15) is 17.1 Å².